The van der Waals surface area contributed by atoms with E-state index in [1.165, 1.54) is 16.5 Å². The Labute approximate surface area is 204 Å². The van der Waals surface area contributed by atoms with Crippen LogP contribution in [0.3, 0.4) is 0 Å². The predicted octanol–water partition coefficient (Wildman–Crippen LogP) is 3.88. The molecule has 0 radical (unpaired) electrons. The van der Waals surface area contributed by atoms with Crippen molar-refractivity contribution in [1.29, 1.82) is 0 Å². The van der Waals surface area contributed by atoms with E-state index in [9.17, 15) is 0 Å². The zero-order chi connectivity index (χ0) is 23.5. The quantitative estimate of drug-likeness (QED) is 0.378. The molecule has 8 nitrogen and oxygen atoms in total. The fourth-order valence-electron chi connectivity index (χ4n) is 4.74. The normalized spacial score (nSPS) is 14.6. The molecule has 0 spiro atoms. The zero-order valence-electron chi connectivity index (χ0n) is 19.6. The second-order valence-electron chi connectivity index (χ2n) is 8.85. The van der Waals surface area contributed by atoms with Crippen molar-refractivity contribution in [2.24, 2.45) is 0 Å². The Hall–Kier alpha value is -4.04. The fraction of sp³-hybridized carbons (Fsp3) is 0.259. The number of hydrogen-bond acceptors (Lipinski definition) is 7. The first kappa shape index (κ1) is 21.5. The monoisotopic (exact) mass is 464 g/mol. The number of rotatable bonds is 7. The van der Waals surface area contributed by atoms with Crippen LogP contribution < -0.4 is 10.2 Å². The minimum absolute atomic E-state index is 0.728. The fourth-order valence-corrected chi connectivity index (χ4v) is 4.74. The number of aromatic nitrogens is 5. The summed E-state index contributed by atoms with van der Waals surface area (Å²) >= 11 is 0. The molecule has 0 saturated carbocycles. The van der Waals surface area contributed by atoms with Crippen molar-refractivity contribution < 1.29 is 0 Å². The lowest BCUT2D eigenvalue weighted by atomic mass is 10.1. The Bertz CT molecular complexity index is 1420. The summed E-state index contributed by atoms with van der Waals surface area (Å²) in [5.74, 6) is 2.56. The van der Waals surface area contributed by atoms with E-state index in [0.29, 0.717) is 0 Å². The molecule has 3 aromatic heterocycles. The maximum atomic E-state index is 4.94. The van der Waals surface area contributed by atoms with Gasteiger partial charge in [0.15, 0.2) is 0 Å². The number of para-hydroxylation sites is 2. The van der Waals surface area contributed by atoms with Gasteiger partial charge in [0.05, 0.1) is 12.1 Å². The van der Waals surface area contributed by atoms with Crippen molar-refractivity contribution in [2.45, 2.75) is 13.0 Å². The number of aromatic amines is 1. The number of H-pyrrole nitrogens is 1. The van der Waals surface area contributed by atoms with Gasteiger partial charge >= 0.3 is 0 Å². The highest BCUT2D eigenvalue weighted by Crippen LogP contribution is 2.22. The first-order chi connectivity index (χ1) is 17.3. The van der Waals surface area contributed by atoms with Gasteiger partial charge in [-0.1, -0.05) is 30.3 Å². The van der Waals surface area contributed by atoms with Crippen LogP contribution in [0.25, 0.3) is 21.8 Å². The van der Waals surface area contributed by atoms with Gasteiger partial charge in [0.2, 0.25) is 5.95 Å². The van der Waals surface area contributed by atoms with Gasteiger partial charge in [-0.25, -0.2) is 19.9 Å². The van der Waals surface area contributed by atoms with Gasteiger partial charge in [-0.05, 0) is 36.2 Å². The average Bonchev–Trinajstić information content (AvgIpc) is 3.33. The molecule has 5 aromatic rings. The van der Waals surface area contributed by atoms with Gasteiger partial charge in [0.25, 0.3) is 0 Å². The zero-order valence-corrected chi connectivity index (χ0v) is 19.6. The Morgan fingerprint density at radius 1 is 0.829 bits per heavy atom. The SMILES string of the molecule is c1cnc(N2CCN(Cc3nc(NCCc4c[nH]c5ccccc45)c4ccccc4n3)CC2)nc1. The molecule has 0 unspecified atom stereocenters. The van der Waals surface area contributed by atoms with E-state index in [1.807, 2.05) is 18.2 Å². The minimum atomic E-state index is 0.728. The van der Waals surface area contributed by atoms with Crippen molar-refractivity contribution in [1.82, 2.24) is 29.8 Å². The second-order valence-corrected chi connectivity index (χ2v) is 8.85. The molecule has 2 aromatic carbocycles. The Kier molecular flexibility index (Phi) is 5.94. The molecule has 0 aliphatic carbocycles. The maximum Gasteiger partial charge on any atom is 0.225 e. The van der Waals surface area contributed by atoms with Gasteiger partial charge in [0.1, 0.15) is 11.6 Å². The molecule has 0 amide bonds. The third-order valence-corrected chi connectivity index (χ3v) is 6.58. The smallest absolute Gasteiger partial charge is 0.225 e. The molecule has 35 heavy (non-hydrogen) atoms. The standard InChI is InChI=1S/C27H28N8/c1-3-8-23-21(6-1)20(18-31-23)10-13-28-26-22-7-2-4-9-24(22)32-25(33-26)19-34-14-16-35(17-15-34)27-29-11-5-12-30-27/h1-9,11-12,18,31H,10,13-17,19H2,(H,28,32,33). The molecule has 2 N–H and O–H groups in total. The average molecular weight is 465 g/mol. The van der Waals surface area contributed by atoms with Gasteiger partial charge in [-0.15, -0.1) is 0 Å². The van der Waals surface area contributed by atoms with Gasteiger partial charge in [-0.3, -0.25) is 4.90 Å². The number of hydrogen-bond donors (Lipinski definition) is 2. The molecule has 4 heterocycles. The van der Waals surface area contributed by atoms with Crippen molar-refractivity contribution in [3.63, 3.8) is 0 Å². The number of fused-ring (bicyclic) bond motifs is 2. The number of nitrogens with zero attached hydrogens (tertiary/aromatic N) is 6. The van der Waals surface area contributed by atoms with E-state index >= 15 is 0 Å². The molecule has 1 aliphatic rings. The van der Waals surface area contributed by atoms with E-state index in [2.05, 4.69) is 72.7 Å². The van der Waals surface area contributed by atoms with E-state index in [1.54, 1.807) is 12.4 Å². The molecular formula is C27H28N8. The second kappa shape index (κ2) is 9.68. The maximum absolute atomic E-state index is 4.94. The molecule has 1 saturated heterocycles. The van der Waals surface area contributed by atoms with Crippen LogP contribution in [0.1, 0.15) is 11.4 Å². The number of piperazine rings is 1. The Balaban J connectivity index is 1.14. The number of nitrogens with one attached hydrogen (secondary N) is 2. The Morgan fingerprint density at radius 2 is 1.60 bits per heavy atom. The highest BCUT2D eigenvalue weighted by molar-refractivity contribution is 5.89. The lowest BCUT2D eigenvalue weighted by Crippen LogP contribution is -2.46. The third kappa shape index (κ3) is 4.65. The van der Waals surface area contributed by atoms with Crippen LogP contribution in [0.5, 0.6) is 0 Å². The highest BCUT2D eigenvalue weighted by Gasteiger charge is 2.20. The lowest BCUT2D eigenvalue weighted by molar-refractivity contribution is 0.243. The van der Waals surface area contributed by atoms with Crippen LogP contribution in [-0.4, -0.2) is 62.5 Å². The highest BCUT2D eigenvalue weighted by atomic mass is 15.3. The van der Waals surface area contributed by atoms with Crippen molar-refractivity contribution in [3.8, 4) is 0 Å². The minimum Gasteiger partial charge on any atom is -0.369 e. The van der Waals surface area contributed by atoms with E-state index in [0.717, 1.165) is 74.2 Å². The molecule has 176 valence electrons. The van der Waals surface area contributed by atoms with Gasteiger partial charge in [-0.2, -0.15) is 0 Å². The molecule has 0 atom stereocenters. The van der Waals surface area contributed by atoms with E-state index < -0.39 is 0 Å². The summed E-state index contributed by atoms with van der Waals surface area (Å²) in [4.78, 5) is 26.6. The van der Waals surface area contributed by atoms with E-state index in [4.69, 9.17) is 9.97 Å². The summed E-state index contributed by atoms with van der Waals surface area (Å²) in [5, 5.41) is 5.93. The first-order valence-corrected chi connectivity index (χ1v) is 12.1. The summed E-state index contributed by atoms with van der Waals surface area (Å²) in [6.07, 6.45) is 6.62. The summed E-state index contributed by atoms with van der Waals surface area (Å²) in [6.45, 7) is 5.18. The lowest BCUT2D eigenvalue weighted by Gasteiger charge is -2.34. The topological polar surface area (TPSA) is 85.9 Å². The van der Waals surface area contributed by atoms with Gasteiger partial charge in [0, 0.05) is 67.6 Å². The predicted molar refractivity (Wildman–Crippen MR) is 140 cm³/mol. The van der Waals surface area contributed by atoms with Crippen molar-refractivity contribution >= 4 is 33.6 Å². The number of anilines is 2. The summed E-state index contributed by atoms with van der Waals surface area (Å²) < 4.78 is 0. The summed E-state index contributed by atoms with van der Waals surface area (Å²) in [6, 6.07) is 18.5. The number of benzene rings is 2. The summed E-state index contributed by atoms with van der Waals surface area (Å²) in [7, 11) is 0. The molecule has 0 bridgehead atoms. The van der Waals surface area contributed by atoms with Crippen LogP contribution in [0, 0.1) is 0 Å². The largest absolute Gasteiger partial charge is 0.369 e. The Morgan fingerprint density at radius 3 is 2.46 bits per heavy atom. The van der Waals surface area contributed by atoms with Crippen molar-refractivity contribution in [2.75, 3.05) is 42.9 Å². The van der Waals surface area contributed by atoms with Crippen molar-refractivity contribution in [3.05, 3.63) is 84.6 Å². The van der Waals surface area contributed by atoms with Crippen LogP contribution >= 0.6 is 0 Å². The summed E-state index contributed by atoms with van der Waals surface area (Å²) in [5.41, 5.74) is 3.46. The first-order valence-electron chi connectivity index (χ1n) is 12.1. The molecular weight excluding hydrogens is 436 g/mol. The van der Waals surface area contributed by atoms with E-state index in [-0.39, 0.29) is 0 Å². The molecule has 6 rings (SSSR count). The molecule has 8 heteroatoms. The third-order valence-electron chi connectivity index (χ3n) is 6.58. The molecule has 1 fully saturated rings. The van der Waals surface area contributed by atoms with Crippen LogP contribution in [0.15, 0.2) is 73.2 Å². The van der Waals surface area contributed by atoms with Crippen LogP contribution in [0.2, 0.25) is 0 Å². The van der Waals surface area contributed by atoms with Crippen LogP contribution in [0.4, 0.5) is 11.8 Å². The van der Waals surface area contributed by atoms with Crippen LogP contribution in [-0.2, 0) is 13.0 Å². The molecule has 1 aliphatic heterocycles. The van der Waals surface area contributed by atoms with Gasteiger partial charge < -0.3 is 15.2 Å².